The van der Waals surface area contributed by atoms with E-state index in [4.69, 9.17) is 4.74 Å². The van der Waals surface area contributed by atoms with Gasteiger partial charge in [-0.2, -0.15) is 0 Å². The minimum atomic E-state index is -0.683. The molecule has 1 saturated heterocycles. The summed E-state index contributed by atoms with van der Waals surface area (Å²) in [6.45, 7) is 5.34. The average molecular weight is 339 g/mol. The topological polar surface area (TPSA) is 105 Å². The molecule has 0 aromatic rings. The lowest BCUT2D eigenvalue weighted by molar-refractivity contribution is -0.138. The Balaban J connectivity index is 1.82. The second-order valence-electron chi connectivity index (χ2n) is 7.22. The number of likely N-dealkylation sites (tertiary alicyclic amines) is 1. The van der Waals surface area contributed by atoms with Crippen LogP contribution in [0.1, 0.15) is 46.5 Å². The predicted molar refractivity (Wildman–Crippen MR) is 85.1 cm³/mol. The minimum Gasteiger partial charge on any atom is -0.444 e. The molecule has 134 valence electrons. The third-order valence-electron chi connectivity index (χ3n) is 3.77. The molecule has 3 amide bonds. The number of ketones is 1. The van der Waals surface area contributed by atoms with Crippen molar-refractivity contribution in [3.8, 4) is 0 Å². The molecule has 0 aromatic heterocycles. The highest BCUT2D eigenvalue weighted by molar-refractivity contribution is 6.37. The maximum atomic E-state index is 12.2. The molecule has 1 aliphatic heterocycles. The zero-order valence-corrected chi connectivity index (χ0v) is 14.4. The second-order valence-corrected chi connectivity index (χ2v) is 7.22. The first-order valence-electron chi connectivity index (χ1n) is 8.28. The number of amides is 3. The van der Waals surface area contributed by atoms with Crippen molar-refractivity contribution in [3.63, 3.8) is 0 Å². The summed E-state index contributed by atoms with van der Waals surface area (Å²) in [5.41, 5.74) is -0.641. The van der Waals surface area contributed by atoms with Gasteiger partial charge in [0, 0.05) is 12.6 Å². The molecule has 1 saturated carbocycles. The van der Waals surface area contributed by atoms with Gasteiger partial charge in [0.2, 0.25) is 11.7 Å². The number of nitrogens with one attached hydrogen (secondary N) is 2. The summed E-state index contributed by atoms with van der Waals surface area (Å²) >= 11 is 0. The maximum absolute atomic E-state index is 12.2. The van der Waals surface area contributed by atoms with E-state index in [1.165, 1.54) is 4.90 Å². The molecule has 0 bridgehead atoms. The van der Waals surface area contributed by atoms with Crippen LogP contribution in [0.15, 0.2) is 0 Å². The third kappa shape index (κ3) is 5.21. The van der Waals surface area contributed by atoms with Crippen LogP contribution in [0.4, 0.5) is 4.79 Å². The Morgan fingerprint density at radius 2 is 1.79 bits per heavy atom. The molecule has 8 heteroatoms. The maximum Gasteiger partial charge on any atom is 0.410 e. The van der Waals surface area contributed by atoms with E-state index in [0.717, 1.165) is 12.8 Å². The Bertz CT molecular complexity index is 536. The molecular formula is C16H25N3O5. The fourth-order valence-electron chi connectivity index (χ4n) is 2.44. The van der Waals surface area contributed by atoms with E-state index < -0.39 is 35.3 Å². The zero-order chi connectivity index (χ0) is 17.9. The first-order chi connectivity index (χ1) is 11.2. The average Bonchev–Trinajstić information content (AvgIpc) is 3.14. The highest BCUT2D eigenvalue weighted by Crippen LogP contribution is 2.21. The fraction of sp³-hybridized carbons (Fsp3) is 0.750. The summed E-state index contributed by atoms with van der Waals surface area (Å²) in [5.74, 6) is -1.80. The van der Waals surface area contributed by atoms with E-state index in [9.17, 15) is 19.2 Å². The molecule has 24 heavy (non-hydrogen) atoms. The van der Waals surface area contributed by atoms with Gasteiger partial charge >= 0.3 is 6.09 Å². The number of rotatable bonds is 5. The van der Waals surface area contributed by atoms with Crippen molar-refractivity contribution >= 4 is 23.7 Å². The van der Waals surface area contributed by atoms with E-state index in [2.05, 4.69) is 10.6 Å². The van der Waals surface area contributed by atoms with Crippen molar-refractivity contribution < 1.29 is 23.9 Å². The Hall–Kier alpha value is -2.12. The van der Waals surface area contributed by atoms with E-state index in [-0.39, 0.29) is 12.6 Å². The Morgan fingerprint density at radius 3 is 2.38 bits per heavy atom. The van der Waals surface area contributed by atoms with Crippen LogP contribution in [0.5, 0.6) is 0 Å². The Morgan fingerprint density at radius 1 is 1.12 bits per heavy atom. The van der Waals surface area contributed by atoms with Gasteiger partial charge in [-0.1, -0.05) is 0 Å². The largest absolute Gasteiger partial charge is 0.444 e. The lowest BCUT2D eigenvalue weighted by Crippen LogP contribution is -2.49. The van der Waals surface area contributed by atoms with Gasteiger partial charge in [0.25, 0.3) is 5.91 Å². The van der Waals surface area contributed by atoms with Gasteiger partial charge in [0.05, 0.1) is 6.54 Å². The third-order valence-corrected chi connectivity index (χ3v) is 3.77. The van der Waals surface area contributed by atoms with Crippen LogP contribution in [0, 0.1) is 0 Å². The smallest absolute Gasteiger partial charge is 0.410 e. The van der Waals surface area contributed by atoms with Gasteiger partial charge in [-0.3, -0.25) is 19.3 Å². The van der Waals surface area contributed by atoms with Crippen LogP contribution in [-0.2, 0) is 19.1 Å². The van der Waals surface area contributed by atoms with E-state index in [1.54, 1.807) is 20.8 Å². The predicted octanol–water partition coefficient (Wildman–Crippen LogP) is 0.350. The molecule has 0 aromatic carbocycles. The van der Waals surface area contributed by atoms with Crippen LogP contribution in [-0.4, -0.2) is 59.4 Å². The summed E-state index contributed by atoms with van der Waals surface area (Å²) in [6.07, 6.45) is 2.43. The van der Waals surface area contributed by atoms with Crippen molar-refractivity contribution in [2.75, 3.05) is 13.1 Å². The number of hydrogen-bond donors (Lipinski definition) is 2. The van der Waals surface area contributed by atoms with Crippen molar-refractivity contribution in [2.45, 2.75) is 64.1 Å². The van der Waals surface area contributed by atoms with Gasteiger partial charge in [-0.25, -0.2) is 4.79 Å². The summed E-state index contributed by atoms with van der Waals surface area (Å²) in [7, 11) is 0. The van der Waals surface area contributed by atoms with E-state index in [0.29, 0.717) is 19.4 Å². The molecule has 2 aliphatic rings. The SMILES string of the molecule is CC(C)(C)OC(=O)N1CCCC1C(=O)NCC(=O)C(=O)NC1CC1. The summed E-state index contributed by atoms with van der Waals surface area (Å²) in [4.78, 5) is 49.0. The number of nitrogens with zero attached hydrogens (tertiary/aromatic N) is 1. The molecule has 0 radical (unpaired) electrons. The Labute approximate surface area is 141 Å². The van der Waals surface area contributed by atoms with Crippen molar-refractivity contribution in [3.05, 3.63) is 0 Å². The monoisotopic (exact) mass is 339 g/mol. The van der Waals surface area contributed by atoms with Gasteiger partial charge in [-0.05, 0) is 46.5 Å². The van der Waals surface area contributed by atoms with Crippen LogP contribution in [0.3, 0.4) is 0 Å². The first kappa shape index (κ1) is 18.2. The standard InChI is InChI=1S/C16H25N3O5/c1-16(2,3)24-15(23)19-8-4-5-11(19)13(21)17-9-12(20)14(22)18-10-6-7-10/h10-11H,4-9H2,1-3H3,(H,17,21)(H,18,22). The Kier molecular flexibility index (Phi) is 5.46. The zero-order valence-electron chi connectivity index (χ0n) is 14.4. The quantitative estimate of drug-likeness (QED) is 0.703. The second kappa shape index (κ2) is 7.19. The number of Topliss-reactive ketones (excluding diaryl/α,β-unsaturated/α-hetero) is 1. The van der Waals surface area contributed by atoms with Crippen LogP contribution in [0.2, 0.25) is 0 Å². The molecule has 2 fully saturated rings. The molecule has 1 heterocycles. The minimum absolute atomic E-state index is 0.0923. The lowest BCUT2D eigenvalue weighted by Gasteiger charge is -2.27. The van der Waals surface area contributed by atoms with E-state index in [1.807, 2.05) is 0 Å². The highest BCUT2D eigenvalue weighted by atomic mass is 16.6. The first-order valence-corrected chi connectivity index (χ1v) is 8.28. The normalized spacial score (nSPS) is 20.5. The number of hydrogen-bond acceptors (Lipinski definition) is 5. The number of carbonyl (C=O) groups is 4. The van der Waals surface area contributed by atoms with Crippen LogP contribution in [0.25, 0.3) is 0 Å². The molecule has 1 unspecified atom stereocenters. The van der Waals surface area contributed by atoms with Crippen molar-refractivity contribution in [2.24, 2.45) is 0 Å². The van der Waals surface area contributed by atoms with E-state index >= 15 is 0 Å². The molecule has 1 aliphatic carbocycles. The molecule has 1 atom stereocenters. The number of carbonyl (C=O) groups excluding carboxylic acids is 4. The summed E-state index contributed by atoms with van der Waals surface area (Å²) in [6, 6.07) is -0.575. The van der Waals surface area contributed by atoms with Crippen molar-refractivity contribution in [1.29, 1.82) is 0 Å². The highest BCUT2D eigenvalue weighted by Gasteiger charge is 2.37. The molecule has 8 nitrogen and oxygen atoms in total. The summed E-state index contributed by atoms with van der Waals surface area (Å²) in [5, 5.41) is 5.02. The molecule has 2 N–H and O–H groups in total. The van der Waals surface area contributed by atoms with Gasteiger partial charge < -0.3 is 15.4 Å². The van der Waals surface area contributed by atoms with Gasteiger partial charge in [0.15, 0.2) is 0 Å². The molecule has 0 spiro atoms. The number of ether oxygens (including phenoxy) is 1. The van der Waals surface area contributed by atoms with Crippen molar-refractivity contribution in [1.82, 2.24) is 15.5 Å². The molecular weight excluding hydrogens is 314 g/mol. The lowest BCUT2D eigenvalue weighted by atomic mass is 10.2. The summed E-state index contributed by atoms with van der Waals surface area (Å²) < 4.78 is 5.29. The molecule has 2 rings (SSSR count). The van der Waals surface area contributed by atoms with Crippen LogP contribution >= 0.6 is 0 Å². The fourth-order valence-corrected chi connectivity index (χ4v) is 2.44. The van der Waals surface area contributed by atoms with Gasteiger partial charge in [-0.15, -0.1) is 0 Å². The van der Waals surface area contributed by atoms with Gasteiger partial charge in [0.1, 0.15) is 11.6 Å². The van der Waals surface area contributed by atoms with Crippen LogP contribution < -0.4 is 10.6 Å².